The third-order valence-corrected chi connectivity index (χ3v) is 4.31. The van der Waals surface area contributed by atoms with Crippen LogP contribution in [0.5, 0.6) is 5.75 Å². The van der Waals surface area contributed by atoms with Crippen LogP contribution in [0, 0.1) is 0 Å². The van der Waals surface area contributed by atoms with Gasteiger partial charge in [-0.15, -0.1) is 0 Å². The minimum absolute atomic E-state index is 0.122. The number of piperidine rings is 1. The monoisotopic (exact) mass is 274 g/mol. The average Bonchev–Trinajstić information content (AvgIpc) is 2.40. The first-order valence-corrected chi connectivity index (χ1v) is 7.24. The van der Waals surface area contributed by atoms with Crippen LogP contribution in [0.1, 0.15) is 31.7 Å². The first kappa shape index (κ1) is 13.2. The molecule has 0 amide bonds. The molecule has 4 nitrogen and oxygen atoms in total. The Kier molecular flexibility index (Phi) is 3.49. The van der Waals surface area contributed by atoms with Crippen molar-refractivity contribution in [3.8, 4) is 5.75 Å². The Morgan fingerprint density at radius 3 is 3.00 bits per heavy atom. The van der Waals surface area contributed by atoms with Gasteiger partial charge in [0, 0.05) is 23.1 Å². The highest BCUT2D eigenvalue weighted by Crippen LogP contribution is 2.21. The summed E-state index contributed by atoms with van der Waals surface area (Å²) in [6.07, 6.45) is 3.80. The quantitative estimate of drug-likeness (QED) is 0.815. The first-order chi connectivity index (χ1) is 9.63. The second-order valence-corrected chi connectivity index (χ2v) is 5.75. The van der Waals surface area contributed by atoms with Crippen molar-refractivity contribution in [2.45, 2.75) is 38.8 Å². The summed E-state index contributed by atoms with van der Waals surface area (Å²) in [6, 6.07) is 7.20. The standard InChI is InChI=1S/C16H19NO3/c1-11-4-2-3-7-17(11)10-12-8-16(19)20-15-9-13(18)5-6-14(12)15/h5-6,8-9,11,18H,2-4,7,10H2,1H3/p+1/t11-/m1/s1. The largest absolute Gasteiger partial charge is 0.508 e. The van der Waals surface area contributed by atoms with Crippen LogP contribution >= 0.6 is 0 Å². The maximum Gasteiger partial charge on any atom is 0.336 e. The van der Waals surface area contributed by atoms with Crippen LogP contribution in [0.4, 0.5) is 0 Å². The van der Waals surface area contributed by atoms with Gasteiger partial charge in [0.05, 0.1) is 12.6 Å². The molecule has 3 rings (SSSR count). The fourth-order valence-corrected chi connectivity index (χ4v) is 3.13. The molecule has 4 heteroatoms. The predicted octanol–water partition coefficient (Wildman–Crippen LogP) is 1.46. The van der Waals surface area contributed by atoms with E-state index in [1.165, 1.54) is 30.2 Å². The molecule has 1 aliphatic rings. The van der Waals surface area contributed by atoms with Gasteiger partial charge in [-0.1, -0.05) is 0 Å². The van der Waals surface area contributed by atoms with Crippen LogP contribution in [0.15, 0.2) is 33.5 Å². The van der Waals surface area contributed by atoms with E-state index in [0.29, 0.717) is 11.6 Å². The highest BCUT2D eigenvalue weighted by Gasteiger charge is 2.23. The second-order valence-electron chi connectivity index (χ2n) is 5.75. The first-order valence-electron chi connectivity index (χ1n) is 7.24. The topological polar surface area (TPSA) is 54.9 Å². The van der Waals surface area contributed by atoms with Crippen molar-refractivity contribution in [3.05, 3.63) is 40.2 Å². The number of benzene rings is 1. The van der Waals surface area contributed by atoms with Crippen LogP contribution in [0.2, 0.25) is 0 Å². The number of aromatic hydroxyl groups is 1. The van der Waals surface area contributed by atoms with Crippen molar-refractivity contribution in [2.75, 3.05) is 6.54 Å². The van der Waals surface area contributed by atoms with Crippen molar-refractivity contribution < 1.29 is 14.4 Å². The fraction of sp³-hybridized carbons (Fsp3) is 0.438. The summed E-state index contributed by atoms with van der Waals surface area (Å²) in [7, 11) is 0. The molecule has 1 aliphatic heterocycles. The molecular weight excluding hydrogens is 254 g/mol. The van der Waals surface area contributed by atoms with Gasteiger partial charge in [0.1, 0.15) is 17.9 Å². The van der Waals surface area contributed by atoms with E-state index in [-0.39, 0.29) is 11.4 Å². The van der Waals surface area contributed by atoms with Crippen molar-refractivity contribution >= 4 is 11.0 Å². The molecule has 2 N–H and O–H groups in total. The van der Waals surface area contributed by atoms with E-state index in [2.05, 4.69) is 6.92 Å². The molecule has 2 heterocycles. The van der Waals surface area contributed by atoms with Gasteiger partial charge in [-0.3, -0.25) is 0 Å². The molecule has 0 saturated carbocycles. The summed E-state index contributed by atoms with van der Waals surface area (Å²) in [5.41, 5.74) is 1.14. The van der Waals surface area contributed by atoms with Gasteiger partial charge < -0.3 is 14.4 Å². The van der Waals surface area contributed by atoms with Gasteiger partial charge in [-0.25, -0.2) is 4.79 Å². The van der Waals surface area contributed by atoms with E-state index in [1.54, 1.807) is 12.1 Å². The normalized spacial score (nSPS) is 23.1. The molecule has 106 valence electrons. The Balaban J connectivity index is 2.00. The number of likely N-dealkylation sites (tertiary alicyclic amines) is 1. The Morgan fingerprint density at radius 1 is 1.35 bits per heavy atom. The van der Waals surface area contributed by atoms with E-state index >= 15 is 0 Å². The molecule has 0 bridgehead atoms. The maximum absolute atomic E-state index is 11.7. The van der Waals surface area contributed by atoms with E-state index in [4.69, 9.17) is 4.42 Å². The van der Waals surface area contributed by atoms with Crippen molar-refractivity contribution in [1.29, 1.82) is 0 Å². The number of nitrogens with one attached hydrogen (secondary N) is 1. The minimum atomic E-state index is -0.345. The number of hydrogen-bond acceptors (Lipinski definition) is 3. The fourth-order valence-electron chi connectivity index (χ4n) is 3.13. The summed E-state index contributed by atoms with van der Waals surface area (Å²) < 4.78 is 5.17. The van der Waals surface area contributed by atoms with Crippen LogP contribution in [0.3, 0.4) is 0 Å². The van der Waals surface area contributed by atoms with E-state index in [9.17, 15) is 9.90 Å². The molecule has 2 aromatic rings. The molecular formula is C16H20NO3+. The van der Waals surface area contributed by atoms with E-state index in [1.807, 2.05) is 6.07 Å². The smallest absolute Gasteiger partial charge is 0.336 e. The minimum Gasteiger partial charge on any atom is -0.508 e. The van der Waals surface area contributed by atoms with Gasteiger partial charge in [-0.05, 0) is 38.3 Å². The number of phenols is 1. The lowest BCUT2D eigenvalue weighted by atomic mass is 10.0. The van der Waals surface area contributed by atoms with Gasteiger partial charge >= 0.3 is 5.63 Å². The van der Waals surface area contributed by atoms with E-state index in [0.717, 1.165) is 24.0 Å². The highest BCUT2D eigenvalue weighted by molar-refractivity contribution is 5.81. The Bertz CT molecular complexity index is 677. The highest BCUT2D eigenvalue weighted by atomic mass is 16.4. The SMILES string of the molecule is C[C@@H]1CCCC[NH+]1Cc1cc(=O)oc2cc(O)ccc12. The Hall–Kier alpha value is -1.81. The molecule has 0 aliphatic carbocycles. The molecule has 0 radical (unpaired) electrons. The van der Waals surface area contributed by atoms with Crippen LogP contribution in [-0.2, 0) is 6.54 Å². The third kappa shape index (κ3) is 2.56. The molecule has 20 heavy (non-hydrogen) atoms. The van der Waals surface area contributed by atoms with Crippen molar-refractivity contribution in [1.82, 2.24) is 0 Å². The van der Waals surface area contributed by atoms with Gasteiger partial charge in [0.15, 0.2) is 0 Å². The summed E-state index contributed by atoms with van der Waals surface area (Å²) >= 11 is 0. The molecule has 1 aromatic carbocycles. The van der Waals surface area contributed by atoms with Crippen molar-refractivity contribution in [3.63, 3.8) is 0 Å². The van der Waals surface area contributed by atoms with Crippen molar-refractivity contribution in [2.24, 2.45) is 0 Å². The second kappa shape index (κ2) is 5.29. The Labute approximate surface area is 117 Å². The van der Waals surface area contributed by atoms with Crippen LogP contribution in [0.25, 0.3) is 11.0 Å². The summed E-state index contributed by atoms with van der Waals surface area (Å²) in [6.45, 7) is 4.27. The zero-order valence-electron chi connectivity index (χ0n) is 11.7. The summed E-state index contributed by atoms with van der Waals surface area (Å²) in [4.78, 5) is 13.2. The number of fused-ring (bicyclic) bond motifs is 1. The van der Waals surface area contributed by atoms with Gasteiger partial charge in [0.2, 0.25) is 0 Å². The molecule has 1 aromatic heterocycles. The zero-order valence-corrected chi connectivity index (χ0v) is 11.7. The van der Waals surface area contributed by atoms with Crippen LogP contribution in [-0.4, -0.2) is 17.7 Å². The molecule has 0 spiro atoms. The number of rotatable bonds is 2. The summed E-state index contributed by atoms with van der Waals surface area (Å²) in [5, 5.41) is 10.4. The Morgan fingerprint density at radius 2 is 2.20 bits per heavy atom. The third-order valence-electron chi connectivity index (χ3n) is 4.31. The molecule has 1 saturated heterocycles. The molecule has 1 unspecified atom stereocenters. The predicted molar refractivity (Wildman–Crippen MR) is 77.0 cm³/mol. The number of quaternary nitrogens is 1. The van der Waals surface area contributed by atoms with Gasteiger partial charge in [-0.2, -0.15) is 0 Å². The lowest BCUT2D eigenvalue weighted by Crippen LogP contribution is -3.14. The molecule has 2 atom stereocenters. The van der Waals surface area contributed by atoms with E-state index < -0.39 is 0 Å². The summed E-state index contributed by atoms with van der Waals surface area (Å²) in [5.74, 6) is 0.122. The lowest BCUT2D eigenvalue weighted by molar-refractivity contribution is -0.941. The van der Waals surface area contributed by atoms with Gasteiger partial charge in [0.25, 0.3) is 0 Å². The lowest BCUT2D eigenvalue weighted by Gasteiger charge is -2.30. The number of phenolic OH excluding ortho intramolecular Hbond substituents is 1. The zero-order chi connectivity index (χ0) is 14.1. The van der Waals surface area contributed by atoms with Crippen LogP contribution < -0.4 is 10.5 Å². The molecule has 1 fully saturated rings. The number of hydrogen-bond donors (Lipinski definition) is 2. The maximum atomic E-state index is 11.7. The average molecular weight is 274 g/mol.